The zero-order valence-corrected chi connectivity index (χ0v) is 12.3. The van der Waals surface area contributed by atoms with Gasteiger partial charge in [0.05, 0.1) is 18.5 Å². The van der Waals surface area contributed by atoms with E-state index in [4.69, 9.17) is 16.3 Å². The van der Waals surface area contributed by atoms with Crippen LogP contribution in [-0.4, -0.2) is 11.7 Å². The Balaban J connectivity index is 2.47. The molecule has 0 N–H and O–H groups in total. The van der Waals surface area contributed by atoms with Crippen LogP contribution in [0.1, 0.15) is 5.56 Å². The Bertz CT molecular complexity index is 841. The second kappa shape index (κ2) is 5.62. The molecule has 0 amide bonds. The quantitative estimate of drug-likeness (QED) is 0.690. The summed E-state index contributed by atoms with van der Waals surface area (Å²) in [7, 11) is 1.62. The number of benzene rings is 2. The standard InChI is InChI=1S/C17H14ClNO2/c1-21-16-9-5-8-15-14(16)10-12(11-18)17(20)19(15)13-6-3-2-4-7-13/h2-10H,11H2,1H3. The highest BCUT2D eigenvalue weighted by Gasteiger charge is 2.12. The summed E-state index contributed by atoms with van der Waals surface area (Å²) in [5.41, 5.74) is 2.07. The molecule has 0 radical (unpaired) electrons. The van der Waals surface area contributed by atoms with Gasteiger partial charge in [-0.2, -0.15) is 0 Å². The van der Waals surface area contributed by atoms with E-state index < -0.39 is 0 Å². The monoisotopic (exact) mass is 299 g/mol. The van der Waals surface area contributed by atoms with Crippen molar-refractivity contribution in [2.24, 2.45) is 0 Å². The van der Waals surface area contributed by atoms with Gasteiger partial charge < -0.3 is 4.74 Å². The molecule has 0 aliphatic carbocycles. The molecule has 0 bridgehead atoms. The highest BCUT2D eigenvalue weighted by molar-refractivity contribution is 6.17. The van der Waals surface area contributed by atoms with Crippen LogP contribution in [0.4, 0.5) is 0 Å². The summed E-state index contributed by atoms with van der Waals surface area (Å²) < 4.78 is 7.08. The van der Waals surface area contributed by atoms with E-state index in [1.807, 2.05) is 54.6 Å². The van der Waals surface area contributed by atoms with Gasteiger partial charge in [0.15, 0.2) is 0 Å². The first-order valence-corrected chi connectivity index (χ1v) is 7.12. The molecule has 4 heteroatoms. The smallest absolute Gasteiger partial charge is 0.260 e. The van der Waals surface area contributed by atoms with Crippen LogP contribution in [0.25, 0.3) is 16.6 Å². The molecule has 0 fully saturated rings. The Morgan fingerprint density at radius 2 is 1.86 bits per heavy atom. The third-order valence-electron chi connectivity index (χ3n) is 3.46. The minimum atomic E-state index is -0.100. The van der Waals surface area contributed by atoms with Crippen molar-refractivity contribution < 1.29 is 4.74 Å². The largest absolute Gasteiger partial charge is 0.496 e. The molecule has 2 aromatic carbocycles. The van der Waals surface area contributed by atoms with Crippen molar-refractivity contribution in [1.29, 1.82) is 0 Å². The molecule has 3 aromatic rings. The van der Waals surface area contributed by atoms with Crippen LogP contribution in [0, 0.1) is 0 Å². The second-order valence-corrected chi connectivity index (χ2v) is 4.94. The van der Waals surface area contributed by atoms with Gasteiger partial charge in [-0.05, 0) is 30.3 Å². The lowest BCUT2D eigenvalue weighted by molar-refractivity contribution is 0.419. The molecule has 0 aliphatic rings. The van der Waals surface area contributed by atoms with Gasteiger partial charge in [0.1, 0.15) is 5.75 Å². The maximum atomic E-state index is 12.7. The highest BCUT2D eigenvalue weighted by atomic mass is 35.5. The van der Waals surface area contributed by atoms with E-state index in [0.29, 0.717) is 5.56 Å². The molecule has 0 spiro atoms. The lowest BCUT2D eigenvalue weighted by Crippen LogP contribution is -2.22. The van der Waals surface area contributed by atoms with E-state index in [-0.39, 0.29) is 11.4 Å². The molecule has 0 unspecified atom stereocenters. The molecule has 3 nitrogen and oxygen atoms in total. The Morgan fingerprint density at radius 3 is 2.52 bits per heavy atom. The summed E-state index contributed by atoms with van der Waals surface area (Å²) in [6.45, 7) is 0. The number of ether oxygens (including phenoxy) is 1. The molecule has 106 valence electrons. The molecule has 1 heterocycles. The number of rotatable bonds is 3. The number of para-hydroxylation sites is 1. The third-order valence-corrected chi connectivity index (χ3v) is 3.75. The number of nitrogens with zero attached hydrogens (tertiary/aromatic N) is 1. The van der Waals surface area contributed by atoms with Gasteiger partial charge in [-0.25, -0.2) is 0 Å². The molecule has 0 saturated carbocycles. The molecular formula is C17H14ClNO2. The van der Waals surface area contributed by atoms with Gasteiger partial charge in [0, 0.05) is 16.6 Å². The lowest BCUT2D eigenvalue weighted by atomic mass is 10.1. The maximum absolute atomic E-state index is 12.7. The van der Waals surface area contributed by atoms with E-state index in [9.17, 15) is 4.79 Å². The zero-order valence-electron chi connectivity index (χ0n) is 11.5. The van der Waals surface area contributed by atoms with Crippen LogP contribution in [-0.2, 0) is 5.88 Å². The van der Waals surface area contributed by atoms with Gasteiger partial charge in [0.25, 0.3) is 5.56 Å². The van der Waals surface area contributed by atoms with Gasteiger partial charge in [-0.1, -0.05) is 24.3 Å². The Hall–Kier alpha value is -2.26. The normalized spacial score (nSPS) is 10.8. The summed E-state index contributed by atoms with van der Waals surface area (Å²) in [5, 5.41) is 0.874. The predicted molar refractivity (Wildman–Crippen MR) is 85.7 cm³/mol. The lowest BCUT2D eigenvalue weighted by Gasteiger charge is -2.14. The molecule has 0 atom stereocenters. The number of fused-ring (bicyclic) bond motifs is 1. The molecule has 3 rings (SSSR count). The van der Waals surface area contributed by atoms with E-state index in [0.717, 1.165) is 22.3 Å². The summed E-state index contributed by atoms with van der Waals surface area (Å²) in [4.78, 5) is 12.7. The van der Waals surface area contributed by atoms with Gasteiger partial charge in [0.2, 0.25) is 0 Å². The molecule has 21 heavy (non-hydrogen) atoms. The summed E-state index contributed by atoms with van der Waals surface area (Å²) >= 11 is 5.93. The SMILES string of the molecule is COc1cccc2c1cc(CCl)c(=O)n2-c1ccccc1. The Morgan fingerprint density at radius 1 is 1.10 bits per heavy atom. The fraction of sp³-hybridized carbons (Fsp3) is 0.118. The van der Waals surface area contributed by atoms with Crippen molar-refractivity contribution in [2.45, 2.75) is 5.88 Å². The number of halogens is 1. The van der Waals surface area contributed by atoms with Crippen molar-refractivity contribution >= 4 is 22.5 Å². The number of hydrogen-bond donors (Lipinski definition) is 0. The second-order valence-electron chi connectivity index (χ2n) is 4.67. The van der Waals surface area contributed by atoms with Gasteiger partial charge >= 0.3 is 0 Å². The van der Waals surface area contributed by atoms with Crippen LogP contribution in [0.15, 0.2) is 59.4 Å². The first-order chi connectivity index (χ1) is 10.3. The van der Waals surface area contributed by atoms with Gasteiger partial charge in [-0.3, -0.25) is 9.36 Å². The predicted octanol–water partition coefficient (Wildman–Crippen LogP) is 3.74. The fourth-order valence-electron chi connectivity index (χ4n) is 2.47. The van der Waals surface area contributed by atoms with Gasteiger partial charge in [-0.15, -0.1) is 11.6 Å². The van der Waals surface area contributed by atoms with Crippen LogP contribution in [0.3, 0.4) is 0 Å². The number of hydrogen-bond acceptors (Lipinski definition) is 2. The summed E-state index contributed by atoms with van der Waals surface area (Å²) in [6, 6.07) is 17.0. The van der Waals surface area contributed by atoms with Crippen molar-refractivity contribution in [3.05, 3.63) is 70.5 Å². The zero-order chi connectivity index (χ0) is 14.8. The first kappa shape index (κ1) is 13.7. The Kier molecular flexibility index (Phi) is 3.67. The van der Waals surface area contributed by atoms with Crippen molar-refractivity contribution in [1.82, 2.24) is 4.57 Å². The van der Waals surface area contributed by atoms with Crippen LogP contribution in [0.5, 0.6) is 5.75 Å². The van der Waals surface area contributed by atoms with Crippen molar-refractivity contribution in [3.8, 4) is 11.4 Å². The summed E-state index contributed by atoms with van der Waals surface area (Å²) in [6.07, 6.45) is 0. The van der Waals surface area contributed by atoms with E-state index >= 15 is 0 Å². The highest BCUT2D eigenvalue weighted by Crippen LogP contribution is 2.27. The van der Waals surface area contributed by atoms with Crippen LogP contribution >= 0.6 is 11.6 Å². The Labute approximate surface area is 127 Å². The average molecular weight is 300 g/mol. The van der Waals surface area contributed by atoms with Crippen LogP contribution < -0.4 is 10.3 Å². The molecule has 0 aliphatic heterocycles. The first-order valence-electron chi connectivity index (χ1n) is 6.59. The number of aromatic nitrogens is 1. The minimum absolute atomic E-state index is 0.100. The molecular weight excluding hydrogens is 286 g/mol. The maximum Gasteiger partial charge on any atom is 0.260 e. The van der Waals surface area contributed by atoms with E-state index in [1.165, 1.54) is 0 Å². The van der Waals surface area contributed by atoms with E-state index in [1.54, 1.807) is 11.7 Å². The average Bonchev–Trinajstić information content (AvgIpc) is 2.54. The van der Waals surface area contributed by atoms with Crippen molar-refractivity contribution in [2.75, 3.05) is 7.11 Å². The molecule has 1 aromatic heterocycles. The topological polar surface area (TPSA) is 31.2 Å². The van der Waals surface area contributed by atoms with E-state index in [2.05, 4.69) is 0 Å². The molecule has 0 saturated heterocycles. The minimum Gasteiger partial charge on any atom is -0.496 e. The number of alkyl halides is 1. The third kappa shape index (κ3) is 2.30. The number of methoxy groups -OCH3 is 1. The number of pyridine rings is 1. The summed E-state index contributed by atoms with van der Waals surface area (Å²) in [5.74, 6) is 0.892. The van der Waals surface area contributed by atoms with Crippen LogP contribution in [0.2, 0.25) is 0 Å². The fourth-order valence-corrected chi connectivity index (χ4v) is 2.66. The van der Waals surface area contributed by atoms with Crippen molar-refractivity contribution in [3.63, 3.8) is 0 Å².